The molecule has 1 aromatic heterocycles. The maximum atomic E-state index is 12.5. The predicted octanol–water partition coefficient (Wildman–Crippen LogP) is 1.09. The lowest BCUT2D eigenvalue weighted by atomic mass is 10.3. The molecule has 0 aliphatic carbocycles. The summed E-state index contributed by atoms with van der Waals surface area (Å²) in [5.74, 6) is 0.174. The Morgan fingerprint density at radius 1 is 1.35 bits per heavy atom. The molecule has 1 unspecified atom stereocenters. The monoisotopic (exact) mass is 400 g/mol. The molecule has 0 radical (unpaired) electrons. The van der Waals surface area contributed by atoms with Gasteiger partial charge in [-0.2, -0.15) is 4.98 Å². The lowest BCUT2D eigenvalue weighted by Gasteiger charge is -2.25. The molecule has 0 saturated heterocycles. The van der Waals surface area contributed by atoms with Crippen LogP contribution in [0.5, 0.6) is 17.5 Å². The van der Waals surface area contributed by atoms with Crippen LogP contribution in [0.3, 0.4) is 0 Å². The Labute approximate surface area is 153 Å². The van der Waals surface area contributed by atoms with Gasteiger partial charge < -0.3 is 18.9 Å². The van der Waals surface area contributed by atoms with Crippen molar-refractivity contribution in [3.05, 3.63) is 24.3 Å². The summed E-state index contributed by atoms with van der Waals surface area (Å²) in [6, 6.07) is 6.85. The second-order valence-corrected chi connectivity index (χ2v) is 8.18. The van der Waals surface area contributed by atoms with Crippen molar-refractivity contribution in [2.24, 2.45) is 0 Å². The molecule has 140 valence electrons. The van der Waals surface area contributed by atoms with Gasteiger partial charge in [0.25, 0.3) is 0 Å². The Bertz CT molecular complexity index is 882. The number of aromatic nitrogens is 2. The zero-order chi connectivity index (χ0) is 18.6. The smallest absolute Gasteiger partial charge is 0.344 e. The molecule has 0 amide bonds. The number of benzene rings is 1. The van der Waals surface area contributed by atoms with Crippen LogP contribution < -0.4 is 14.2 Å². The van der Waals surface area contributed by atoms with E-state index in [9.17, 15) is 13.2 Å². The summed E-state index contributed by atoms with van der Waals surface area (Å²) in [5.41, 5.74) is 0. The predicted molar refractivity (Wildman–Crippen MR) is 90.4 cm³/mol. The van der Waals surface area contributed by atoms with Gasteiger partial charge in [0.1, 0.15) is 12.7 Å². The minimum atomic E-state index is -3.75. The van der Waals surface area contributed by atoms with E-state index in [1.54, 1.807) is 31.2 Å². The molecule has 1 atom stereocenters. The molecule has 0 saturated carbocycles. The van der Waals surface area contributed by atoms with Gasteiger partial charge in [0.2, 0.25) is 14.2 Å². The second-order valence-electron chi connectivity index (χ2n) is 5.22. The third-order valence-corrected chi connectivity index (χ3v) is 6.17. The Morgan fingerprint density at radius 3 is 2.88 bits per heavy atom. The molecule has 0 fully saturated rings. The second kappa shape index (κ2) is 7.87. The zero-order valence-corrected chi connectivity index (χ0v) is 15.4. The van der Waals surface area contributed by atoms with Crippen LogP contribution in [-0.2, 0) is 19.4 Å². The van der Waals surface area contributed by atoms with Crippen molar-refractivity contribution in [1.29, 1.82) is 0 Å². The Hall–Kier alpha value is -2.40. The van der Waals surface area contributed by atoms with Gasteiger partial charge in [-0.15, -0.1) is 4.37 Å². The van der Waals surface area contributed by atoms with Crippen LogP contribution in [0.4, 0.5) is 0 Å². The van der Waals surface area contributed by atoms with Crippen LogP contribution in [0.25, 0.3) is 0 Å². The highest BCUT2D eigenvalue weighted by molar-refractivity contribution is 7.93. The molecule has 0 N–H and O–H groups in total. The highest BCUT2D eigenvalue weighted by atomic mass is 32.2. The number of hydrogen-bond donors (Lipinski definition) is 0. The van der Waals surface area contributed by atoms with Crippen molar-refractivity contribution in [1.82, 2.24) is 9.36 Å². The molecule has 1 aromatic carbocycles. The summed E-state index contributed by atoms with van der Waals surface area (Å²) in [7, 11) is -3.75. The maximum absolute atomic E-state index is 12.5. The number of para-hydroxylation sites is 2. The van der Waals surface area contributed by atoms with Crippen LogP contribution in [0.1, 0.15) is 6.92 Å². The summed E-state index contributed by atoms with van der Waals surface area (Å²) in [5, 5.41) is 0. The molecule has 3 rings (SSSR count). The molecule has 9 nitrogen and oxygen atoms in total. The van der Waals surface area contributed by atoms with Crippen molar-refractivity contribution in [2.75, 3.05) is 25.6 Å². The molecule has 1 aliphatic rings. The van der Waals surface area contributed by atoms with Crippen molar-refractivity contribution < 1.29 is 32.2 Å². The van der Waals surface area contributed by atoms with E-state index in [0.29, 0.717) is 23.0 Å². The summed E-state index contributed by atoms with van der Waals surface area (Å²) in [4.78, 5) is 15.1. The summed E-state index contributed by atoms with van der Waals surface area (Å²) in [6.07, 6.45) is -0.664. The Morgan fingerprint density at radius 2 is 2.12 bits per heavy atom. The minimum absolute atomic E-state index is 0.112. The van der Waals surface area contributed by atoms with E-state index in [0.717, 1.165) is 0 Å². The standard InChI is InChI=1S/C15H16N2O7S2/c1-2-21-13(18)8-23-14-16-15(25-17-14)26(19,20)9-10-7-22-11-5-3-4-6-12(11)24-10/h3-6,10H,2,7-9H2,1H3. The molecular formula is C15H16N2O7S2. The average molecular weight is 400 g/mol. The van der Waals surface area contributed by atoms with Crippen LogP contribution in [0.15, 0.2) is 28.6 Å². The fourth-order valence-corrected chi connectivity index (χ4v) is 4.32. The van der Waals surface area contributed by atoms with Gasteiger partial charge in [0.05, 0.1) is 12.4 Å². The molecule has 26 heavy (non-hydrogen) atoms. The number of rotatable bonds is 7. The van der Waals surface area contributed by atoms with E-state index in [1.165, 1.54) is 0 Å². The van der Waals surface area contributed by atoms with Crippen LogP contribution in [0.2, 0.25) is 0 Å². The molecule has 2 heterocycles. The molecule has 0 spiro atoms. The van der Waals surface area contributed by atoms with Crippen molar-refractivity contribution in [3.63, 3.8) is 0 Å². The van der Waals surface area contributed by atoms with Gasteiger partial charge >= 0.3 is 12.0 Å². The highest BCUT2D eigenvalue weighted by Gasteiger charge is 2.30. The largest absolute Gasteiger partial charge is 0.486 e. The van der Waals surface area contributed by atoms with E-state index in [1.807, 2.05) is 0 Å². The summed E-state index contributed by atoms with van der Waals surface area (Å²) >= 11 is 0.673. The van der Waals surface area contributed by atoms with Gasteiger partial charge in [-0.1, -0.05) is 12.1 Å². The van der Waals surface area contributed by atoms with E-state index >= 15 is 0 Å². The Balaban J connectivity index is 1.61. The minimum Gasteiger partial charge on any atom is -0.486 e. The van der Waals surface area contributed by atoms with Crippen molar-refractivity contribution in [3.8, 4) is 17.5 Å². The number of carbonyl (C=O) groups excluding carboxylic acids is 1. The van der Waals surface area contributed by atoms with E-state index in [-0.39, 0.29) is 35.9 Å². The molecular weight excluding hydrogens is 384 g/mol. The molecule has 1 aliphatic heterocycles. The van der Waals surface area contributed by atoms with Crippen molar-refractivity contribution >= 4 is 27.3 Å². The first kappa shape index (κ1) is 18.4. The first-order valence-corrected chi connectivity index (χ1v) is 10.1. The zero-order valence-electron chi connectivity index (χ0n) is 13.8. The molecule has 2 aromatic rings. The molecule has 11 heteroatoms. The van der Waals surface area contributed by atoms with E-state index < -0.39 is 21.9 Å². The van der Waals surface area contributed by atoms with Gasteiger partial charge in [-0.3, -0.25) is 0 Å². The van der Waals surface area contributed by atoms with Crippen LogP contribution >= 0.6 is 11.5 Å². The number of carbonyl (C=O) groups is 1. The van der Waals surface area contributed by atoms with Crippen molar-refractivity contribution in [2.45, 2.75) is 17.4 Å². The maximum Gasteiger partial charge on any atom is 0.344 e. The lowest BCUT2D eigenvalue weighted by molar-refractivity contribution is -0.145. The highest BCUT2D eigenvalue weighted by Crippen LogP contribution is 2.31. The quantitative estimate of drug-likeness (QED) is 0.630. The van der Waals surface area contributed by atoms with Gasteiger partial charge in [-0.05, 0) is 19.1 Å². The number of esters is 1. The third-order valence-electron chi connectivity index (χ3n) is 3.25. The first-order valence-electron chi connectivity index (χ1n) is 7.71. The number of nitrogens with zero attached hydrogens (tertiary/aromatic N) is 2. The van der Waals surface area contributed by atoms with Gasteiger partial charge in [0, 0.05) is 11.5 Å². The van der Waals surface area contributed by atoms with E-state index in [4.69, 9.17) is 18.9 Å². The summed E-state index contributed by atoms with van der Waals surface area (Å²) in [6.45, 7) is 1.61. The first-order chi connectivity index (χ1) is 12.5. The van der Waals surface area contributed by atoms with Crippen LogP contribution in [-0.4, -0.2) is 55.4 Å². The fourth-order valence-electron chi connectivity index (χ4n) is 2.17. The normalized spacial score (nSPS) is 16.1. The fraction of sp³-hybridized carbons (Fsp3) is 0.400. The Kier molecular flexibility index (Phi) is 5.57. The SMILES string of the molecule is CCOC(=O)COc1nsc(S(=O)(=O)CC2COc3ccccc3O2)n1. The number of ether oxygens (including phenoxy) is 4. The number of sulfone groups is 1. The lowest BCUT2D eigenvalue weighted by Crippen LogP contribution is -2.35. The number of hydrogen-bond acceptors (Lipinski definition) is 10. The number of fused-ring (bicyclic) bond motifs is 1. The van der Waals surface area contributed by atoms with Gasteiger partial charge in [0.15, 0.2) is 18.1 Å². The van der Waals surface area contributed by atoms with E-state index in [2.05, 4.69) is 9.36 Å². The third kappa shape index (κ3) is 4.41. The average Bonchev–Trinajstić information content (AvgIpc) is 3.10. The van der Waals surface area contributed by atoms with Crippen LogP contribution in [0, 0.1) is 0 Å². The molecule has 0 bridgehead atoms. The topological polar surface area (TPSA) is 114 Å². The summed E-state index contributed by atoms with van der Waals surface area (Å²) < 4.78 is 49.5. The van der Waals surface area contributed by atoms with Gasteiger partial charge in [-0.25, -0.2) is 13.2 Å².